The molecular weight excluding hydrogens is 854 g/mol. The molecule has 0 aliphatic heterocycles. The number of ether oxygens (including phenoxy) is 2. The van der Waals surface area contributed by atoms with Crippen molar-refractivity contribution in [2.45, 2.75) is 103 Å². The van der Waals surface area contributed by atoms with Crippen LogP contribution in [0.5, 0.6) is 5.75 Å². The molecule has 1 heterocycles. The molecule has 4 aromatic rings. The standard InChI is InChI=1S/C41H45BrClF4N3O6S/c1-8-55-31-18-25(39(52)56-41(5,6)7)11-12-30(31)50(20-23-15-26(24-9-10-24)17-28(16-23)40(2,3)4)32(51)22-49(21-27-19-48-14-13-29(27)43)57(53,54)38-33(42)34(44)35(45)36(46)37(38)47/h11-19,24,39,52H,8-10,20-22H2,1-7H3. The number of rotatable bonds is 14. The molecule has 1 saturated carbocycles. The normalized spacial score (nSPS) is 14.2. The number of nitrogens with zero attached hydrogens (tertiary/aromatic N) is 3. The summed E-state index contributed by atoms with van der Waals surface area (Å²) in [4.78, 5) is 18.6. The Labute approximate surface area is 344 Å². The summed E-state index contributed by atoms with van der Waals surface area (Å²) in [5.74, 6) is -9.13. The Morgan fingerprint density at radius 3 is 2.25 bits per heavy atom. The van der Waals surface area contributed by atoms with Crippen LogP contribution >= 0.6 is 27.5 Å². The van der Waals surface area contributed by atoms with E-state index in [9.17, 15) is 31.5 Å². The number of aliphatic hydroxyl groups excluding tert-OH is 1. The third-order valence-corrected chi connectivity index (χ3v) is 12.4. The molecular formula is C41H45BrClF4N3O6S. The predicted molar refractivity (Wildman–Crippen MR) is 213 cm³/mol. The molecule has 0 saturated heterocycles. The van der Waals surface area contributed by atoms with Crippen LogP contribution in [0, 0.1) is 23.3 Å². The second-order valence-electron chi connectivity index (χ2n) is 15.8. The molecule has 16 heteroatoms. The van der Waals surface area contributed by atoms with Crippen LogP contribution in [-0.4, -0.2) is 47.5 Å². The molecule has 57 heavy (non-hydrogen) atoms. The van der Waals surface area contributed by atoms with Crippen LogP contribution in [0.1, 0.15) is 101 Å². The number of amides is 1. The number of hydrogen-bond acceptors (Lipinski definition) is 7. The lowest BCUT2D eigenvalue weighted by Crippen LogP contribution is -2.43. The fourth-order valence-electron chi connectivity index (χ4n) is 6.09. The van der Waals surface area contributed by atoms with E-state index in [-0.39, 0.29) is 40.6 Å². The first kappa shape index (κ1) is 44.5. The van der Waals surface area contributed by atoms with E-state index in [4.69, 9.17) is 21.1 Å². The van der Waals surface area contributed by atoms with Crippen molar-refractivity contribution >= 4 is 49.1 Å². The quantitative estimate of drug-likeness (QED) is 0.0581. The summed E-state index contributed by atoms with van der Waals surface area (Å²) in [6, 6.07) is 12.0. The van der Waals surface area contributed by atoms with Crippen LogP contribution in [0.2, 0.25) is 5.02 Å². The minimum atomic E-state index is -5.36. The fraction of sp³-hybridized carbons (Fsp3) is 0.415. The van der Waals surface area contributed by atoms with Crippen molar-refractivity contribution in [3.63, 3.8) is 0 Å². The van der Waals surface area contributed by atoms with Gasteiger partial charge in [0.1, 0.15) is 10.6 Å². The van der Waals surface area contributed by atoms with Crippen molar-refractivity contribution in [2.75, 3.05) is 18.1 Å². The number of sulfonamides is 1. The summed E-state index contributed by atoms with van der Waals surface area (Å²) in [7, 11) is -5.36. The van der Waals surface area contributed by atoms with Gasteiger partial charge in [0.05, 0.1) is 35.5 Å². The first-order valence-electron chi connectivity index (χ1n) is 18.2. The molecule has 1 atom stereocenters. The Morgan fingerprint density at radius 1 is 0.982 bits per heavy atom. The minimum absolute atomic E-state index is 0.0300. The summed E-state index contributed by atoms with van der Waals surface area (Å²) < 4.78 is 98.8. The molecule has 3 aromatic carbocycles. The van der Waals surface area contributed by atoms with Gasteiger partial charge < -0.3 is 19.5 Å². The highest BCUT2D eigenvalue weighted by atomic mass is 79.9. The fourth-order valence-corrected chi connectivity index (χ4v) is 8.69. The van der Waals surface area contributed by atoms with Gasteiger partial charge in [0.25, 0.3) is 0 Å². The van der Waals surface area contributed by atoms with Gasteiger partial charge in [0, 0.05) is 35.1 Å². The molecule has 9 nitrogen and oxygen atoms in total. The van der Waals surface area contributed by atoms with Crippen molar-refractivity contribution in [1.82, 2.24) is 9.29 Å². The third kappa shape index (κ3) is 10.4. The number of carbonyl (C=O) groups excluding carboxylic acids is 1. The zero-order valence-corrected chi connectivity index (χ0v) is 35.8. The average Bonchev–Trinajstić information content (AvgIpc) is 3.98. The van der Waals surface area contributed by atoms with E-state index in [1.165, 1.54) is 41.6 Å². The molecule has 0 bridgehead atoms. The number of pyridine rings is 1. The molecule has 1 aromatic heterocycles. The van der Waals surface area contributed by atoms with Crippen LogP contribution in [0.4, 0.5) is 23.2 Å². The van der Waals surface area contributed by atoms with Crippen molar-refractivity contribution in [3.05, 3.63) is 115 Å². The van der Waals surface area contributed by atoms with Crippen LogP contribution in [0.25, 0.3) is 0 Å². The molecule has 1 aliphatic carbocycles. The lowest BCUT2D eigenvalue weighted by molar-refractivity contribution is -0.169. The molecule has 1 N–H and O–H groups in total. The molecule has 308 valence electrons. The second-order valence-corrected chi connectivity index (χ2v) is 18.9. The summed E-state index contributed by atoms with van der Waals surface area (Å²) >= 11 is 8.97. The third-order valence-electron chi connectivity index (χ3n) is 9.17. The maximum absolute atomic E-state index is 15.4. The van der Waals surface area contributed by atoms with Crippen molar-refractivity contribution in [3.8, 4) is 5.75 Å². The van der Waals surface area contributed by atoms with Crippen LogP contribution in [0.15, 0.2) is 64.2 Å². The van der Waals surface area contributed by atoms with Gasteiger partial charge in [0.15, 0.2) is 29.6 Å². The molecule has 1 aliphatic rings. The Balaban J connectivity index is 1.68. The number of aromatic nitrogens is 1. The van der Waals surface area contributed by atoms with E-state index in [2.05, 4.69) is 47.8 Å². The van der Waals surface area contributed by atoms with Crippen LogP contribution < -0.4 is 9.64 Å². The first-order valence-corrected chi connectivity index (χ1v) is 20.8. The number of benzene rings is 3. The topological polar surface area (TPSA) is 109 Å². The summed E-state index contributed by atoms with van der Waals surface area (Å²) in [5.41, 5.74) is 2.37. The number of aliphatic hydroxyl groups is 1. The highest BCUT2D eigenvalue weighted by Crippen LogP contribution is 2.43. The summed E-state index contributed by atoms with van der Waals surface area (Å²) in [6.45, 7) is 11.5. The maximum atomic E-state index is 15.4. The Morgan fingerprint density at radius 2 is 1.65 bits per heavy atom. The first-order chi connectivity index (χ1) is 26.5. The van der Waals surface area contributed by atoms with E-state index >= 15 is 4.39 Å². The van der Waals surface area contributed by atoms with Gasteiger partial charge in [-0.1, -0.05) is 56.6 Å². The zero-order valence-electron chi connectivity index (χ0n) is 32.6. The van der Waals surface area contributed by atoms with Crippen LogP contribution in [-0.2, 0) is 38.1 Å². The smallest absolute Gasteiger partial charge is 0.248 e. The van der Waals surface area contributed by atoms with Gasteiger partial charge in [-0.2, -0.15) is 4.31 Å². The van der Waals surface area contributed by atoms with Gasteiger partial charge in [-0.15, -0.1) is 0 Å². The van der Waals surface area contributed by atoms with Crippen molar-refractivity contribution in [2.24, 2.45) is 0 Å². The van der Waals surface area contributed by atoms with E-state index < -0.39 is 73.5 Å². The van der Waals surface area contributed by atoms with Gasteiger partial charge in [-0.3, -0.25) is 9.78 Å². The number of carbonyl (C=O) groups is 1. The largest absolute Gasteiger partial charge is 0.492 e. The van der Waals surface area contributed by atoms with E-state index in [1.54, 1.807) is 27.7 Å². The number of halogens is 6. The SMILES string of the molecule is CCOc1cc(C(O)OC(C)(C)C)ccc1N(Cc1cc(C2CC2)cc(C(C)(C)C)c1)C(=O)CN(Cc1cnccc1Cl)S(=O)(=O)c1c(F)c(F)c(F)c(F)c1Br. The predicted octanol–water partition coefficient (Wildman–Crippen LogP) is 9.86. The van der Waals surface area contributed by atoms with Crippen LogP contribution in [0.3, 0.4) is 0 Å². The van der Waals surface area contributed by atoms with E-state index in [0.29, 0.717) is 21.4 Å². The Hall–Kier alpha value is -3.60. The molecule has 0 radical (unpaired) electrons. The van der Waals surface area contributed by atoms with Gasteiger partial charge in [0.2, 0.25) is 15.9 Å². The zero-order chi connectivity index (χ0) is 42.2. The molecule has 5 rings (SSSR count). The molecule has 1 fully saturated rings. The molecule has 0 spiro atoms. The van der Waals surface area contributed by atoms with Gasteiger partial charge in [-0.05, 0) is 103 Å². The monoisotopic (exact) mass is 897 g/mol. The molecule has 1 amide bonds. The maximum Gasteiger partial charge on any atom is 0.248 e. The summed E-state index contributed by atoms with van der Waals surface area (Å²) in [5, 5.41) is 11.0. The van der Waals surface area contributed by atoms with Crippen molar-refractivity contribution < 1.29 is 45.4 Å². The minimum Gasteiger partial charge on any atom is -0.492 e. The van der Waals surface area contributed by atoms with Gasteiger partial charge in [-0.25, -0.2) is 26.0 Å². The van der Waals surface area contributed by atoms with E-state index in [0.717, 1.165) is 24.0 Å². The lowest BCUT2D eigenvalue weighted by atomic mass is 9.84. The average molecular weight is 899 g/mol. The highest BCUT2D eigenvalue weighted by molar-refractivity contribution is 9.10. The Bertz CT molecular complexity index is 2240. The second kappa shape index (κ2) is 17.3. The van der Waals surface area contributed by atoms with E-state index in [1.807, 2.05) is 12.1 Å². The molecule has 1 unspecified atom stereocenters. The summed E-state index contributed by atoms with van der Waals surface area (Å²) in [6.07, 6.45) is 3.19. The van der Waals surface area contributed by atoms with Crippen molar-refractivity contribution in [1.29, 1.82) is 0 Å². The lowest BCUT2D eigenvalue weighted by Gasteiger charge is -2.30. The number of hydrogen-bond donors (Lipinski definition) is 1. The highest BCUT2D eigenvalue weighted by Gasteiger charge is 2.38. The number of anilines is 1. The Kier molecular flexibility index (Phi) is 13.5. The van der Waals surface area contributed by atoms with Gasteiger partial charge >= 0.3 is 0 Å².